The first kappa shape index (κ1) is 16.0. The number of halogens is 2. The van der Waals surface area contributed by atoms with Crippen LogP contribution in [0.1, 0.15) is 37.7 Å². The number of aliphatic hydroxyl groups is 1. The summed E-state index contributed by atoms with van der Waals surface area (Å²) in [5, 5.41) is 9.98. The molecule has 116 valence electrons. The third-order valence-corrected chi connectivity index (χ3v) is 4.10. The van der Waals surface area contributed by atoms with Gasteiger partial charge in [-0.3, -0.25) is 0 Å². The summed E-state index contributed by atoms with van der Waals surface area (Å²) in [5.41, 5.74) is 0.793. The number of hydrogen-bond acceptors (Lipinski definition) is 2. The number of aliphatic hydroxyl groups excluding tert-OH is 1. The normalized spacial score (nSPS) is 18.2. The summed E-state index contributed by atoms with van der Waals surface area (Å²) in [4.78, 5) is 0. The Labute approximate surface area is 124 Å². The number of ether oxygens (including phenoxy) is 1. The van der Waals surface area contributed by atoms with E-state index in [1.165, 1.54) is 0 Å². The first-order valence-electron chi connectivity index (χ1n) is 7.44. The van der Waals surface area contributed by atoms with Gasteiger partial charge in [-0.1, -0.05) is 56.2 Å². The van der Waals surface area contributed by atoms with E-state index in [0.717, 1.165) is 24.8 Å². The highest BCUT2D eigenvalue weighted by atomic mass is 19.3. The van der Waals surface area contributed by atoms with Gasteiger partial charge in [0.05, 0.1) is 0 Å². The van der Waals surface area contributed by atoms with Crippen LogP contribution < -0.4 is 0 Å². The molecule has 21 heavy (non-hydrogen) atoms. The Morgan fingerprint density at radius 1 is 1.24 bits per heavy atom. The maximum Gasteiger partial charge on any atom is 0.328 e. The van der Waals surface area contributed by atoms with Crippen LogP contribution in [0.4, 0.5) is 8.78 Å². The van der Waals surface area contributed by atoms with E-state index < -0.39 is 17.8 Å². The topological polar surface area (TPSA) is 29.5 Å². The minimum Gasteiger partial charge on any atom is -0.487 e. The number of benzene rings is 1. The molecule has 2 nitrogen and oxygen atoms in total. The average molecular weight is 296 g/mol. The standard InChI is InChI=1S/C17H22F2O2/c1-13(21-12-14-8-4-2-5-9-14)17(18,19)16(20)15-10-6-3-7-11-15/h2,4-5,8-9,15-16,20H,1,3,6-7,10-12H2. The molecule has 0 saturated heterocycles. The lowest BCUT2D eigenvalue weighted by Crippen LogP contribution is -2.42. The maximum absolute atomic E-state index is 14.2. The van der Waals surface area contributed by atoms with Gasteiger partial charge in [-0.2, -0.15) is 8.78 Å². The van der Waals surface area contributed by atoms with Gasteiger partial charge in [0.25, 0.3) is 0 Å². The van der Waals surface area contributed by atoms with Gasteiger partial charge in [0, 0.05) is 0 Å². The van der Waals surface area contributed by atoms with Crippen molar-refractivity contribution >= 4 is 0 Å². The van der Waals surface area contributed by atoms with Gasteiger partial charge in [-0.15, -0.1) is 0 Å². The van der Waals surface area contributed by atoms with E-state index in [9.17, 15) is 13.9 Å². The van der Waals surface area contributed by atoms with Gasteiger partial charge in [0.2, 0.25) is 0 Å². The minimum absolute atomic E-state index is 0.0344. The Hall–Kier alpha value is -1.42. The van der Waals surface area contributed by atoms with Crippen molar-refractivity contribution in [3.63, 3.8) is 0 Å². The molecule has 0 amide bonds. The quantitative estimate of drug-likeness (QED) is 0.793. The highest BCUT2D eigenvalue weighted by Gasteiger charge is 2.47. The molecule has 0 bridgehead atoms. The molecule has 1 aliphatic rings. The minimum atomic E-state index is -3.41. The van der Waals surface area contributed by atoms with Gasteiger partial charge in [-0.05, 0) is 24.3 Å². The third-order valence-electron chi connectivity index (χ3n) is 4.10. The Morgan fingerprint density at radius 2 is 1.86 bits per heavy atom. The zero-order valence-corrected chi connectivity index (χ0v) is 12.1. The lowest BCUT2D eigenvalue weighted by molar-refractivity contribution is -0.138. The van der Waals surface area contributed by atoms with Crippen LogP contribution in [-0.4, -0.2) is 17.1 Å². The molecule has 1 atom stereocenters. The van der Waals surface area contributed by atoms with Crippen LogP contribution >= 0.6 is 0 Å². The van der Waals surface area contributed by atoms with Crippen molar-refractivity contribution in [1.82, 2.24) is 0 Å². The predicted molar refractivity (Wildman–Crippen MR) is 77.9 cm³/mol. The van der Waals surface area contributed by atoms with Gasteiger partial charge in [0.1, 0.15) is 12.7 Å². The predicted octanol–water partition coefficient (Wildman–Crippen LogP) is 4.29. The van der Waals surface area contributed by atoms with Crippen molar-refractivity contribution in [2.45, 2.75) is 50.7 Å². The maximum atomic E-state index is 14.2. The first-order chi connectivity index (χ1) is 10.0. The van der Waals surface area contributed by atoms with Gasteiger partial charge >= 0.3 is 5.92 Å². The molecule has 0 heterocycles. The SMILES string of the molecule is C=C(OCc1ccccc1)C(F)(F)C(O)C1CCCCC1. The van der Waals surface area contributed by atoms with Crippen molar-refractivity contribution in [3.8, 4) is 0 Å². The third kappa shape index (κ3) is 4.03. The summed E-state index contributed by atoms with van der Waals surface area (Å²) >= 11 is 0. The van der Waals surface area contributed by atoms with Crippen LogP contribution in [0.3, 0.4) is 0 Å². The summed E-state index contributed by atoms with van der Waals surface area (Å²) in [7, 11) is 0. The Kier molecular flexibility index (Phi) is 5.34. The fraction of sp³-hybridized carbons (Fsp3) is 0.529. The van der Waals surface area contributed by atoms with Crippen molar-refractivity contribution in [1.29, 1.82) is 0 Å². The highest BCUT2D eigenvalue weighted by molar-refractivity contribution is 5.14. The molecular formula is C17H22F2O2. The number of alkyl halides is 2. The van der Waals surface area contributed by atoms with Crippen molar-refractivity contribution < 1.29 is 18.6 Å². The second kappa shape index (κ2) is 7.03. The zero-order chi connectivity index (χ0) is 15.3. The molecule has 1 saturated carbocycles. The Morgan fingerprint density at radius 3 is 2.48 bits per heavy atom. The lowest BCUT2D eigenvalue weighted by Gasteiger charge is -2.32. The van der Waals surface area contributed by atoms with Gasteiger partial charge in [-0.25, -0.2) is 0 Å². The van der Waals surface area contributed by atoms with Crippen LogP contribution in [0.5, 0.6) is 0 Å². The fourth-order valence-corrected chi connectivity index (χ4v) is 2.75. The van der Waals surface area contributed by atoms with Crippen LogP contribution in [-0.2, 0) is 11.3 Å². The second-order valence-corrected chi connectivity index (χ2v) is 5.66. The molecule has 4 heteroatoms. The summed E-state index contributed by atoms with van der Waals surface area (Å²) in [6.07, 6.45) is 2.43. The van der Waals surface area contributed by atoms with Crippen molar-refractivity contribution in [3.05, 3.63) is 48.2 Å². The Balaban J connectivity index is 1.92. The highest BCUT2D eigenvalue weighted by Crippen LogP contribution is 2.37. The largest absolute Gasteiger partial charge is 0.487 e. The second-order valence-electron chi connectivity index (χ2n) is 5.66. The molecule has 2 rings (SSSR count). The first-order valence-corrected chi connectivity index (χ1v) is 7.44. The van der Waals surface area contributed by atoms with Crippen molar-refractivity contribution in [2.75, 3.05) is 0 Å². The zero-order valence-electron chi connectivity index (χ0n) is 12.1. The molecule has 1 aromatic rings. The molecule has 1 unspecified atom stereocenters. The van der Waals surface area contributed by atoms with Crippen LogP contribution in [0.25, 0.3) is 0 Å². The van der Waals surface area contributed by atoms with Crippen LogP contribution in [0.15, 0.2) is 42.7 Å². The van der Waals surface area contributed by atoms with E-state index in [1.54, 1.807) is 12.1 Å². The van der Waals surface area contributed by atoms with E-state index in [1.807, 2.05) is 18.2 Å². The monoisotopic (exact) mass is 296 g/mol. The van der Waals surface area contributed by atoms with E-state index in [-0.39, 0.29) is 12.5 Å². The van der Waals surface area contributed by atoms with Gasteiger partial charge < -0.3 is 9.84 Å². The fourth-order valence-electron chi connectivity index (χ4n) is 2.75. The van der Waals surface area contributed by atoms with E-state index in [2.05, 4.69) is 6.58 Å². The van der Waals surface area contributed by atoms with Crippen LogP contribution in [0, 0.1) is 5.92 Å². The van der Waals surface area contributed by atoms with E-state index in [0.29, 0.717) is 12.8 Å². The van der Waals surface area contributed by atoms with E-state index >= 15 is 0 Å². The molecule has 0 aliphatic heterocycles. The van der Waals surface area contributed by atoms with Crippen LogP contribution in [0.2, 0.25) is 0 Å². The molecule has 0 aromatic heterocycles. The average Bonchev–Trinajstić information content (AvgIpc) is 2.53. The Bertz CT molecular complexity index is 453. The van der Waals surface area contributed by atoms with E-state index in [4.69, 9.17) is 4.74 Å². The van der Waals surface area contributed by atoms with Crippen molar-refractivity contribution in [2.24, 2.45) is 5.92 Å². The molecule has 1 aliphatic carbocycles. The van der Waals surface area contributed by atoms with Gasteiger partial charge in [0.15, 0.2) is 5.76 Å². The molecule has 0 spiro atoms. The summed E-state index contributed by atoms with van der Waals surface area (Å²) in [6, 6.07) is 9.07. The molecular weight excluding hydrogens is 274 g/mol. The molecule has 1 aromatic carbocycles. The summed E-state index contributed by atoms with van der Waals surface area (Å²) < 4.78 is 33.5. The molecule has 1 fully saturated rings. The molecule has 0 radical (unpaired) electrons. The number of rotatable bonds is 6. The summed E-state index contributed by atoms with van der Waals surface area (Å²) in [5.74, 6) is -4.42. The molecule has 1 N–H and O–H groups in total. The lowest BCUT2D eigenvalue weighted by atomic mass is 9.82. The smallest absolute Gasteiger partial charge is 0.328 e. The number of hydrogen-bond donors (Lipinski definition) is 1. The summed E-state index contributed by atoms with van der Waals surface area (Å²) in [6.45, 7) is 3.36.